The number of aromatic nitrogens is 1. The van der Waals surface area contributed by atoms with Crippen molar-refractivity contribution in [3.63, 3.8) is 0 Å². The third kappa shape index (κ3) is 5.85. The summed E-state index contributed by atoms with van der Waals surface area (Å²) >= 11 is 6.57. The summed E-state index contributed by atoms with van der Waals surface area (Å²) in [7, 11) is 0. The van der Waals surface area contributed by atoms with Gasteiger partial charge < -0.3 is 10.1 Å². The maximum Gasteiger partial charge on any atom is 0.573 e. The number of nitrogens with one attached hydrogen (secondary N) is 1. The van der Waals surface area contributed by atoms with Crippen LogP contribution >= 0.6 is 23.1 Å². The third-order valence-electron chi connectivity index (χ3n) is 4.85. The molecule has 0 saturated heterocycles. The predicted octanol–water partition coefficient (Wildman–Crippen LogP) is 6.75. The molecule has 184 valence electrons. The van der Waals surface area contributed by atoms with Gasteiger partial charge in [0.25, 0.3) is 0 Å². The minimum atomic E-state index is -4.87. The van der Waals surface area contributed by atoms with Crippen LogP contribution in [0, 0.1) is 0 Å². The average molecular weight is 535 g/mol. The molecule has 0 spiro atoms. The molecule has 1 aliphatic heterocycles. The van der Waals surface area contributed by atoms with Crippen molar-refractivity contribution in [2.24, 2.45) is 5.10 Å². The van der Waals surface area contributed by atoms with E-state index in [1.807, 2.05) is 0 Å². The van der Waals surface area contributed by atoms with Gasteiger partial charge in [0.2, 0.25) is 0 Å². The third-order valence-corrected chi connectivity index (χ3v) is 6.01. The van der Waals surface area contributed by atoms with Crippen molar-refractivity contribution >= 4 is 40.6 Å². The fourth-order valence-corrected chi connectivity index (χ4v) is 4.33. The van der Waals surface area contributed by atoms with Gasteiger partial charge in [-0.1, -0.05) is 23.7 Å². The SMILES string of the molecule is O=C(Nc1ccc(OC(F)(F)F)cc1)N1CC(c2sncc2C(F)(F)F)C(c2ccc(Cl)cc2)=N1. The van der Waals surface area contributed by atoms with Crippen molar-refractivity contribution < 1.29 is 35.9 Å². The number of rotatable bonds is 4. The van der Waals surface area contributed by atoms with E-state index in [2.05, 4.69) is 19.5 Å². The summed E-state index contributed by atoms with van der Waals surface area (Å²) < 4.78 is 85.0. The van der Waals surface area contributed by atoms with Crippen LogP contribution in [0.1, 0.15) is 21.9 Å². The lowest BCUT2D eigenvalue weighted by atomic mass is 9.94. The molecule has 14 heteroatoms. The highest BCUT2D eigenvalue weighted by atomic mass is 35.5. The molecule has 0 radical (unpaired) electrons. The van der Waals surface area contributed by atoms with E-state index in [1.54, 1.807) is 24.3 Å². The van der Waals surface area contributed by atoms with Crippen LogP contribution in [0.15, 0.2) is 59.8 Å². The number of halogens is 7. The molecule has 0 fully saturated rings. The largest absolute Gasteiger partial charge is 0.573 e. The second kappa shape index (κ2) is 9.38. The van der Waals surface area contributed by atoms with Crippen molar-refractivity contribution in [2.45, 2.75) is 18.5 Å². The van der Waals surface area contributed by atoms with Crippen LogP contribution in [0.25, 0.3) is 0 Å². The lowest BCUT2D eigenvalue weighted by Crippen LogP contribution is -2.30. The first-order valence-corrected chi connectivity index (χ1v) is 10.9. The summed E-state index contributed by atoms with van der Waals surface area (Å²) in [6.45, 7) is -0.218. The minimum Gasteiger partial charge on any atom is -0.406 e. The normalized spacial score (nSPS) is 16.3. The van der Waals surface area contributed by atoms with E-state index in [9.17, 15) is 31.1 Å². The summed E-state index contributed by atoms with van der Waals surface area (Å²) in [4.78, 5) is 12.7. The quantitative estimate of drug-likeness (QED) is 0.377. The highest BCUT2D eigenvalue weighted by Gasteiger charge is 2.42. The van der Waals surface area contributed by atoms with Gasteiger partial charge in [0.1, 0.15) is 5.75 Å². The van der Waals surface area contributed by atoms with E-state index in [-0.39, 0.29) is 22.8 Å². The molecule has 35 heavy (non-hydrogen) atoms. The van der Waals surface area contributed by atoms with Gasteiger partial charge >= 0.3 is 18.6 Å². The first kappa shape index (κ1) is 24.8. The maximum absolute atomic E-state index is 13.5. The fraction of sp³-hybridized carbons (Fsp3) is 0.190. The summed E-state index contributed by atoms with van der Waals surface area (Å²) in [5.74, 6) is -1.40. The van der Waals surface area contributed by atoms with E-state index in [0.29, 0.717) is 22.1 Å². The average Bonchev–Trinajstić information content (AvgIpc) is 3.42. The number of carbonyl (C=O) groups excluding carboxylic acids is 1. The smallest absolute Gasteiger partial charge is 0.406 e. The predicted molar refractivity (Wildman–Crippen MR) is 117 cm³/mol. The van der Waals surface area contributed by atoms with Crippen LogP contribution in [0.4, 0.5) is 36.8 Å². The molecule has 4 rings (SSSR count). The summed E-state index contributed by atoms with van der Waals surface area (Å²) in [6, 6.07) is 9.81. The number of carbonyl (C=O) groups is 1. The van der Waals surface area contributed by atoms with Gasteiger partial charge in [-0.25, -0.2) is 14.2 Å². The molecular weight excluding hydrogens is 522 g/mol. The van der Waals surface area contributed by atoms with Crippen LogP contribution in [-0.2, 0) is 6.18 Å². The molecule has 6 nitrogen and oxygen atoms in total. The van der Waals surface area contributed by atoms with E-state index in [1.165, 1.54) is 12.1 Å². The summed E-state index contributed by atoms with van der Waals surface area (Å²) in [6.07, 6.45) is -8.79. The van der Waals surface area contributed by atoms with Gasteiger partial charge in [-0.15, -0.1) is 13.2 Å². The van der Waals surface area contributed by atoms with Crippen LogP contribution in [0.5, 0.6) is 5.75 Å². The molecule has 1 N–H and O–H groups in total. The zero-order valence-corrected chi connectivity index (χ0v) is 18.8. The number of amides is 2. The first-order chi connectivity index (χ1) is 16.4. The van der Waals surface area contributed by atoms with E-state index >= 15 is 0 Å². The highest BCUT2D eigenvalue weighted by Crippen LogP contribution is 2.40. The minimum absolute atomic E-state index is 0.102. The fourth-order valence-electron chi connectivity index (χ4n) is 3.36. The van der Waals surface area contributed by atoms with Gasteiger partial charge in [0.15, 0.2) is 0 Å². The maximum atomic E-state index is 13.5. The zero-order chi connectivity index (χ0) is 25.4. The zero-order valence-electron chi connectivity index (χ0n) is 17.2. The van der Waals surface area contributed by atoms with Crippen molar-refractivity contribution in [1.29, 1.82) is 0 Å². The Labute approximate surface area is 202 Å². The van der Waals surface area contributed by atoms with Crippen LogP contribution in [-0.4, -0.2) is 34.0 Å². The monoisotopic (exact) mass is 534 g/mol. The van der Waals surface area contributed by atoms with Gasteiger partial charge in [0, 0.05) is 15.6 Å². The van der Waals surface area contributed by atoms with E-state index in [0.717, 1.165) is 23.3 Å². The first-order valence-electron chi connectivity index (χ1n) is 9.71. The van der Waals surface area contributed by atoms with Crippen molar-refractivity contribution in [2.75, 3.05) is 11.9 Å². The summed E-state index contributed by atoms with van der Waals surface area (Å²) in [5, 5.41) is 8.06. The Morgan fingerprint density at radius 2 is 1.71 bits per heavy atom. The number of nitrogens with zero attached hydrogens (tertiary/aromatic N) is 3. The molecule has 2 amide bonds. The molecule has 1 aromatic heterocycles. The lowest BCUT2D eigenvalue weighted by molar-refractivity contribution is -0.274. The van der Waals surface area contributed by atoms with Crippen molar-refractivity contribution in [3.8, 4) is 5.75 Å². The van der Waals surface area contributed by atoms with Crippen molar-refractivity contribution in [3.05, 3.63) is 75.8 Å². The molecule has 0 bridgehead atoms. The summed E-state index contributed by atoms with van der Waals surface area (Å²) in [5.41, 5.74) is -0.118. The molecule has 3 aromatic rings. The number of urea groups is 1. The van der Waals surface area contributed by atoms with E-state index < -0.39 is 35.8 Å². The van der Waals surface area contributed by atoms with Gasteiger partial charge in [-0.2, -0.15) is 18.3 Å². The Balaban J connectivity index is 1.59. The van der Waals surface area contributed by atoms with Crippen LogP contribution < -0.4 is 10.1 Å². The Bertz CT molecular complexity index is 1240. The molecule has 1 atom stereocenters. The standard InChI is InChI=1S/C21H13ClF6N4O2S/c22-12-3-1-11(2-4-12)17-15(18-16(9-29-35-18)20(23,24)25)10-32(31-17)19(33)30-13-5-7-14(8-6-13)34-21(26,27)28/h1-9,15H,10H2,(H,30,33). The highest BCUT2D eigenvalue weighted by molar-refractivity contribution is 7.06. The van der Waals surface area contributed by atoms with Crippen LogP contribution in [0.3, 0.4) is 0 Å². The lowest BCUT2D eigenvalue weighted by Gasteiger charge is -2.16. The Kier molecular flexibility index (Phi) is 6.64. The number of hydrogen-bond donors (Lipinski definition) is 1. The number of benzene rings is 2. The van der Waals surface area contributed by atoms with Crippen LogP contribution in [0.2, 0.25) is 5.02 Å². The molecule has 1 unspecified atom stereocenters. The topological polar surface area (TPSA) is 66.8 Å². The number of ether oxygens (including phenoxy) is 1. The van der Waals surface area contributed by atoms with Gasteiger partial charge in [-0.05, 0) is 53.5 Å². The Morgan fingerprint density at radius 1 is 1.06 bits per heavy atom. The molecule has 0 saturated carbocycles. The molecule has 2 aromatic carbocycles. The van der Waals surface area contributed by atoms with Gasteiger partial charge in [0.05, 0.1) is 29.9 Å². The number of alkyl halides is 6. The number of hydrazone groups is 1. The number of anilines is 1. The molecule has 1 aliphatic rings. The van der Waals surface area contributed by atoms with Gasteiger partial charge in [-0.3, -0.25) is 0 Å². The van der Waals surface area contributed by atoms with Crippen molar-refractivity contribution in [1.82, 2.24) is 9.38 Å². The Hall–Kier alpha value is -3.32. The molecule has 0 aliphatic carbocycles. The number of hydrogen-bond acceptors (Lipinski definition) is 5. The molecular formula is C21H13ClF6N4O2S. The second-order valence-corrected chi connectivity index (χ2v) is 8.50. The van der Waals surface area contributed by atoms with E-state index in [4.69, 9.17) is 11.6 Å². The Morgan fingerprint density at radius 3 is 2.31 bits per heavy atom. The molecule has 2 heterocycles. The second-order valence-electron chi connectivity index (χ2n) is 7.23.